The van der Waals surface area contributed by atoms with Gasteiger partial charge in [-0.3, -0.25) is 4.79 Å². The van der Waals surface area contributed by atoms with Crippen LogP contribution in [0.4, 0.5) is 0 Å². The number of rotatable bonds is 4. The normalized spacial score (nSPS) is 12.3. The molecule has 0 saturated carbocycles. The van der Waals surface area contributed by atoms with Crippen molar-refractivity contribution < 1.29 is 9.90 Å². The summed E-state index contributed by atoms with van der Waals surface area (Å²) >= 11 is 0. The number of carbonyl (C=O) groups excluding carboxylic acids is 1. The van der Waals surface area contributed by atoms with E-state index in [9.17, 15) is 9.90 Å². The molecule has 0 saturated heterocycles. The minimum Gasteiger partial charge on any atom is -0.507 e. The predicted molar refractivity (Wildman–Crippen MR) is 107 cm³/mol. The molecule has 0 aliphatic carbocycles. The molecule has 0 radical (unpaired) electrons. The van der Waals surface area contributed by atoms with E-state index in [2.05, 4.69) is 24.0 Å². The predicted octanol–water partition coefficient (Wildman–Crippen LogP) is 3.24. The van der Waals surface area contributed by atoms with Gasteiger partial charge in [0.1, 0.15) is 5.75 Å². The molecule has 0 heterocycles. The van der Waals surface area contributed by atoms with Gasteiger partial charge in [0.05, 0.1) is 5.56 Å². The fourth-order valence-corrected chi connectivity index (χ4v) is 2.95. The van der Waals surface area contributed by atoms with E-state index in [-0.39, 0.29) is 17.2 Å². The number of fused-ring (bicyclic) bond motifs is 1. The summed E-state index contributed by atoms with van der Waals surface area (Å²) in [6.07, 6.45) is 5.35. The Hall–Kier alpha value is -3.33. The quantitative estimate of drug-likeness (QED) is 0.764. The maximum atomic E-state index is 12.5. The van der Waals surface area contributed by atoms with E-state index in [0.29, 0.717) is 6.54 Å². The summed E-state index contributed by atoms with van der Waals surface area (Å²) in [6.45, 7) is 5.96. The summed E-state index contributed by atoms with van der Waals surface area (Å²) < 4.78 is 0. The van der Waals surface area contributed by atoms with Gasteiger partial charge in [0.15, 0.2) is 0 Å². The first-order chi connectivity index (χ1) is 12.6. The molecule has 1 amide bonds. The molecule has 0 aromatic heterocycles. The monoisotopic (exact) mass is 343 g/mol. The number of allylic oxidation sites excluding steroid dienone is 1. The van der Waals surface area contributed by atoms with Crippen molar-refractivity contribution in [2.24, 2.45) is 0 Å². The molecule has 0 aliphatic heterocycles. The Labute approximate surface area is 152 Å². The van der Waals surface area contributed by atoms with Crippen LogP contribution in [0.3, 0.4) is 0 Å². The first-order valence-electron chi connectivity index (χ1n) is 8.50. The zero-order valence-corrected chi connectivity index (χ0v) is 14.7. The lowest BCUT2D eigenvalue weighted by molar-refractivity contribution is 0.0948. The van der Waals surface area contributed by atoms with E-state index >= 15 is 0 Å². The summed E-state index contributed by atoms with van der Waals surface area (Å²) in [5, 5.41) is 17.1. The molecule has 0 unspecified atom stereocenters. The van der Waals surface area contributed by atoms with Crippen molar-refractivity contribution in [3.63, 3.8) is 0 Å². The van der Waals surface area contributed by atoms with Crippen molar-refractivity contribution in [2.45, 2.75) is 13.5 Å². The second kappa shape index (κ2) is 7.70. The number of amides is 1. The van der Waals surface area contributed by atoms with Gasteiger partial charge in [0, 0.05) is 6.54 Å². The van der Waals surface area contributed by atoms with E-state index in [0.717, 1.165) is 26.8 Å². The minimum absolute atomic E-state index is 0.0419. The number of phenols is 1. The van der Waals surface area contributed by atoms with Crippen LogP contribution in [0.2, 0.25) is 0 Å². The van der Waals surface area contributed by atoms with Gasteiger partial charge in [-0.05, 0) is 51.9 Å². The molecule has 3 aromatic carbocycles. The van der Waals surface area contributed by atoms with E-state index in [1.165, 1.54) is 0 Å². The lowest BCUT2D eigenvalue weighted by Gasteiger charge is -2.08. The van der Waals surface area contributed by atoms with Gasteiger partial charge in [-0.25, -0.2) is 0 Å². The third-order valence-corrected chi connectivity index (χ3v) is 4.32. The first-order valence-corrected chi connectivity index (χ1v) is 8.50. The molecule has 2 N–H and O–H groups in total. The number of carbonyl (C=O) groups is 1. The average Bonchev–Trinajstić information content (AvgIpc) is 2.66. The maximum absolute atomic E-state index is 12.5. The highest BCUT2D eigenvalue weighted by atomic mass is 16.3. The van der Waals surface area contributed by atoms with Gasteiger partial charge in [0.2, 0.25) is 0 Å². The van der Waals surface area contributed by atoms with Crippen molar-refractivity contribution in [3.8, 4) is 5.75 Å². The Morgan fingerprint density at radius 3 is 2.58 bits per heavy atom. The lowest BCUT2D eigenvalue weighted by Crippen LogP contribution is -2.29. The largest absolute Gasteiger partial charge is 0.507 e. The maximum Gasteiger partial charge on any atom is 0.255 e. The van der Waals surface area contributed by atoms with Crippen LogP contribution in [0.1, 0.15) is 22.8 Å². The van der Waals surface area contributed by atoms with Crippen molar-refractivity contribution >= 4 is 28.8 Å². The van der Waals surface area contributed by atoms with Crippen LogP contribution in [0.15, 0.2) is 67.3 Å². The molecule has 0 bridgehead atoms. The minimum atomic E-state index is -0.302. The van der Waals surface area contributed by atoms with Crippen LogP contribution >= 0.6 is 0 Å². The molecular weight excluding hydrogens is 322 g/mol. The zero-order valence-electron chi connectivity index (χ0n) is 14.7. The molecule has 0 spiro atoms. The number of phenolic OH excluding ortho intramolecular Hbond substituents is 1. The Morgan fingerprint density at radius 1 is 1.08 bits per heavy atom. The highest BCUT2D eigenvalue weighted by Crippen LogP contribution is 2.16. The van der Waals surface area contributed by atoms with Gasteiger partial charge in [-0.2, -0.15) is 0 Å². The molecule has 3 heteroatoms. The van der Waals surface area contributed by atoms with Gasteiger partial charge >= 0.3 is 0 Å². The molecule has 0 aliphatic rings. The average molecular weight is 343 g/mol. The smallest absolute Gasteiger partial charge is 0.255 e. The van der Waals surface area contributed by atoms with E-state index < -0.39 is 0 Å². The fourth-order valence-electron chi connectivity index (χ4n) is 2.95. The molecular formula is C23H21NO2. The molecule has 3 nitrogen and oxygen atoms in total. The van der Waals surface area contributed by atoms with E-state index in [4.69, 9.17) is 0 Å². The Bertz CT molecular complexity index is 1100. The molecule has 26 heavy (non-hydrogen) atoms. The second-order valence-electron chi connectivity index (χ2n) is 6.05. The highest BCUT2D eigenvalue weighted by Gasteiger charge is 2.11. The lowest BCUT2D eigenvalue weighted by atomic mass is 10.1. The molecule has 3 aromatic rings. The molecule has 0 atom stereocenters. The summed E-state index contributed by atoms with van der Waals surface area (Å²) in [6, 6.07) is 17.5. The first kappa shape index (κ1) is 17.5. The zero-order chi connectivity index (χ0) is 18.5. The number of hydrogen-bond acceptors (Lipinski definition) is 2. The van der Waals surface area contributed by atoms with Gasteiger partial charge in [0.25, 0.3) is 5.91 Å². The number of benzene rings is 3. The van der Waals surface area contributed by atoms with E-state index in [1.807, 2.05) is 43.3 Å². The summed E-state index contributed by atoms with van der Waals surface area (Å²) in [5.74, 6) is -0.344. The van der Waals surface area contributed by atoms with Crippen molar-refractivity contribution in [2.75, 3.05) is 0 Å². The van der Waals surface area contributed by atoms with Crippen molar-refractivity contribution in [1.29, 1.82) is 0 Å². The summed E-state index contributed by atoms with van der Waals surface area (Å²) in [4.78, 5) is 12.5. The summed E-state index contributed by atoms with van der Waals surface area (Å²) in [5.41, 5.74) is 1.27. The Kier molecular flexibility index (Phi) is 5.18. The Balaban J connectivity index is 1.83. The third-order valence-electron chi connectivity index (χ3n) is 4.32. The molecule has 130 valence electrons. The third kappa shape index (κ3) is 3.67. The van der Waals surface area contributed by atoms with E-state index in [1.54, 1.807) is 24.3 Å². The standard InChI is InChI=1S/C23H21NO2/c1-3-7-19-14-22(25)21(13-17(19)4-2)23(26)24-15-16-10-11-18-8-5-6-9-20(18)12-16/h3-14,25H,1,15H2,2H3,(H,24,26)/b17-4-,19-7-. The van der Waals surface area contributed by atoms with Crippen LogP contribution in [-0.4, -0.2) is 11.0 Å². The topological polar surface area (TPSA) is 49.3 Å². The van der Waals surface area contributed by atoms with Crippen LogP contribution in [-0.2, 0) is 6.54 Å². The molecule has 0 fully saturated rings. The highest BCUT2D eigenvalue weighted by molar-refractivity contribution is 5.96. The van der Waals surface area contributed by atoms with Gasteiger partial charge in [-0.1, -0.05) is 61.2 Å². The van der Waals surface area contributed by atoms with Crippen LogP contribution < -0.4 is 15.8 Å². The fraction of sp³-hybridized carbons (Fsp3) is 0.0870. The van der Waals surface area contributed by atoms with Crippen molar-refractivity contribution in [1.82, 2.24) is 5.32 Å². The van der Waals surface area contributed by atoms with Gasteiger partial charge in [-0.15, -0.1) is 0 Å². The molecule has 3 rings (SSSR count). The van der Waals surface area contributed by atoms with Crippen LogP contribution in [0, 0.1) is 0 Å². The number of hydrogen-bond donors (Lipinski definition) is 2. The summed E-state index contributed by atoms with van der Waals surface area (Å²) in [7, 11) is 0. The van der Waals surface area contributed by atoms with Crippen molar-refractivity contribution in [3.05, 3.63) is 88.8 Å². The second-order valence-corrected chi connectivity index (χ2v) is 6.05. The number of aromatic hydroxyl groups is 1. The van der Waals surface area contributed by atoms with Crippen LogP contribution in [0.25, 0.3) is 22.9 Å². The number of nitrogens with one attached hydrogen (secondary N) is 1. The van der Waals surface area contributed by atoms with Gasteiger partial charge < -0.3 is 10.4 Å². The Morgan fingerprint density at radius 2 is 1.85 bits per heavy atom. The SMILES string of the molecule is C=C/C=c1/cc(O)c(C(=O)NCc2ccc3ccccc3c2)c/c1=C/C. The van der Waals surface area contributed by atoms with Crippen LogP contribution in [0.5, 0.6) is 5.75 Å².